The Hall–Kier alpha value is -0.120. The van der Waals surface area contributed by atoms with Gasteiger partial charge in [-0.3, -0.25) is 0 Å². The van der Waals surface area contributed by atoms with E-state index in [-0.39, 0.29) is 0 Å². The molecule has 1 heterocycles. The van der Waals surface area contributed by atoms with Gasteiger partial charge in [0.25, 0.3) is 0 Å². The Morgan fingerprint density at radius 2 is 1.42 bits per heavy atom. The summed E-state index contributed by atoms with van der Waals surface area (Å²) in [6.45, 7) is 9.06. The fourth-order valence-electron chi connectivity index (χ4n) is 1.41. The van der Waals surface area contributed by atoms with Gasteiger partial charge in [0.1, 0.15) is 0 Å². The molecule has 0 aromatic heterocycles. The third-order valence-electron chi connectivity index (χ3n) is 2.17. The molecule has 0 bridgehead atoms. The fourth-order valence-corrected chi connectivity index (χ4v) is 1.41. The van der Waals surface area contributed by atoms with Crippen LogP contribution in [0.5, 0.6) is 0 Å². The normalized spacial score (nSPS) is 29.2. The van der Waals surface area contributed by atoms with Crippen molar-refractivity contribution >= 4 is 0 Å². The third kappa shape index (κ3) is 4.70. The van der Waals surface area contributed by atoms with Crippen molar-refractivity contribution in [2.45, 2.75) is 13.3 Å². The minimum absolute atomic E-state index is 0.753. The molecular formula is C9H21N3. The van der Waals surface area contributed by atoms with Crippen LogP contribution in [0.15, 0.2) is 0 Å². The lowest BCUT2D eigenvalue weighted by Crippen LogP contribution is -2.31. The van der Waals surface area contributed by atoms with Crippen LogP contribution in [0.25, 0.3) is 0 Å². The van der Waals surface area contributed by atoms with Gasteiger partial charge in [-0.25, -0.2) is 0 Å². The summed E-state index contributed by atoms with van der Waals surface area (Å²) in [6, 6.07) is 0. The smallest absolute Gasteiger partial charge is 0.00768 e. The van der Waals surface area contributed by atoms with E-state index in [1.807, 2.05) is 0 Å². The van der Waals surface area contributed by atoms with Crippen LogP contribution in [0, 0.1) is 5.92 Å². The molecule has 3 N–H and O–H groups in total. The van der Waals surface area contributed by atoms with Crippen LogP contribution in [0.1, 0.15) is 13.3 Å². The van der Waals surface area contributed by atoms with Gasteiger partial charge >= 0.3 is 0 Å². The summed E-state index contributed by atoms with van der Waals surface area (Å²) in [5.41, 5.74) is 0. The standard InChI is InChI=1S/C9H21N3/c1-9-7-11-4-2-3-10-5-6-12-8-9/h9-12H,2-8H2,1H3. The van der Waals surface area contributed by atoms with Crippen LogP contribution in [-0.4, -0.2) is 39.3 Å². The highest BCUT2D eigenvalue weighted by molar-refractivity contribution is 4.63. The first kappa shape index (κ1) is 9.96. The second kappa shape index (κ2) is 6.40. The van der Waals surface area contributed by atoms with Crippen molar-refractivity contribution in [3.05, 3.63) is 0 Å². The molecule has 0 aromatic rings. The molecule has 0 saturated carbocycles. The fraction of sp³-hybridized carbons (Fsp3) is 1.00. The maximum absolute atomic E-state index is 3.45. The maximum atomic E-state index is 3.45. The molecule has 0 aromatic carbocycles. The summed E-state index contributed by atoms with van der Waals surface area (Å²) < 4.78 is 0. The van der Waals surface area contributed by atoms with Crippen molar-refractivity contribution in [1.82, 2.24) is 16.0 Å². The summed E-state index contributed by atoms with van der Waals surface area (Å²) >= 11 is 0. The minimum Gasteiger partial charge on any atom is -0.316 e. The van der Waals surface area contributed by atoms with Crippen LogP contribution in [-0.2, 0) is 0 Å². The van der Waals surface area contributed by atoms with Gasteiger partial charge < -0.3 is 16.0 Å². The Morgan fingerprint density at radius 3 is 2.25 bits per heavy atom. The quantitative estimate of drug-likeness (QED) is 0.472. The molecule has 1 unspecified atom stereocenters. The highest BCUT2D eigenvalue weighted by Crippen LogP contribution is 1.89. The van der Waals surface area contributed by atoms with E-state index in [0.29, 0.717) is 0 Å². The van der Waals surface area contributed by atoms with Gasteiger partial charge in [-0.15, -0.1) is 0 Å². The van der Waals surface area contributed by atoms with Gasteiger partial charge in [-0.05, 0) is 38.5 Å². The second-order valence-electron chi connectivity index (χ2n) is 3.62. The highest BCUT2D eigenvalue weighted by Gasteiger charge is 2.01. The molecule has 1 atom stereocenters. The number of hydrogen-bond donors (Lipinski definition) is 3. The SMILES string of the molecule is CC1CNCCCNCCNC1. The Morgan fingerprint density at radius 1 is 0.833 bits per heavy atom. The van der Waals surface area contributed by atoms with E-state index in [4.69, 9.17) is 0 Å². The van der Waals surface area contributed by atoms with Gasteiger partial charge in [0.2, 0.25) is 0 Å². The van der Waals surface area contributed by atoms with Crippen molar-refractivity contribution in [3.63, 3.8) is 0 Å². The summed E-state index contributed by atoms with van der Waals surface area (Å²) in [5, 5.41) is 10.3. The maximum Gasteiger partial charge on any atom is 0.00768 e. The summed E-state index contributed by atoms with van der Waals surface area (Å²) in [7, 11) is 0. The first-order valence-corrected chi connectivity index (χ1v) is 5.02. The molecular weight excluding hydrogens is 150 g/mol. The van der Waals surface area contributed by atoms with Crippen LogP contribution in [0.4, 0.5) is 0 Å². The second-order valence-corrected chi connectivity index (χ2v) is 3.62. The number of hydrogen-bond acceptors (Lipinski definition) is 3. The predicted molar refractivity (Wildman–Crippen MR) is 52.4 cm³/mol. The molecule has 0 aliphatic carbocycles. The minimum atomic E-state index is 0.753. The number of nitrogens with one attached hydrogen (secondary N) is 3. The molecule has 1 fully saturated rings. The van der Waals surface area contributed by atoms with Crippen LogP contribution < -0.4 is 16.0 Å². The molecule has 1 aliphatic rings. The third-order valence-corrected chi connectivity index (χ3v) is 2.17. The highest BCUT2D eigenvalue weighted by atomic mass is 15.0. The van der Waals surface area contributed by atoms with Crippen LogP contribution >= 0.6 is 0 Å². The van der Waals surface area contributed by atoms with Crippen LogP contribution in [0.2, 0.25) is 0 Å². The molecule has 1 aliphatic heterocycles. The first-order valence-electron chi connectivity index (χ1n) is 5.02. The topological polar surface area (TPSA) is 36.1 Å². The lowest BCUT2D eigenvalue weighted by molar-refractivity contribution is 0.482. The van der Waals surface area contributed by atoms with E-state index < -0.39 is 0 Å². The van der Waals surface area contributed by atoms with E-state index >= 15 is 0 Å². The van der Waals surface area contributed by atoms with Crippen molar-refractivity contribution in [3.8, 4) is 0 Å². The lowest BCUT2D eigenvalue weighted by atomic mass is 10.2. The first-order chi connectivity index (χ1) is 5.89. The van der Waals surface area contributed by atoms with Gasteiger partial charge in [0.05, 0.1) is 0 Å². The Kier molecular flexibility index (Phi) is 5.32. The van der Waals surface area contributed by atoms with Crippen molar-refractivity contribution < 1.29 is 0 Å². The zero-order valence-corrected chi connectivity index (χ0v) is 8.03. The van der Waals surface area contributed by atoms with E-state index in [1.54, 1.807) is 0 Å². The Labute approximate surface area is 75.3 Å². The van der Waals surface area contributed by atoms with Gasteiger partial charge in [-0.2, -0.15) is 0 Å². The van der Waals surface area contributed by atoms with Gasteiger partial charge in [-0.1, -0.05) is 6.92 Å². The largest absolute Gasteiger partial charge is 0.316 e. The molecule has 0 amide bonds. The average Bonchev–Trinajstić information content (AvgIpc) is 2.11. The molecule has 3 nitrogen and oxygen atoms in total. The van der Waals surface area contributed by atoms with Crippen molar-refractivity contribution in [1.29, 1.82) is 0 Å². The zero-order valence-electron chi connectivity index (χ0n) is 8.03. The summed E-state index contributed by atoms with van der Waals surface area (Å²) in [5.74, 6) is 0.753. The lowest BCUT2D eigenvalue weighted by Gasteiger charge is -2.11. The molecule has 12 heavy (non-hydrogen) atoms. The molecule has 1 rings (SSSR count). The van der Waals surface area contributed by atoms with E-state index in [2.05, 4.69) is 22.9 Å². The van der Waals surface area contributed by atoms with E-state index in [0.717, 1.165) is 45.2 Å². The monoisotopic (exact) mass is 171 g/mol. The van der Waals surface area contributed by atoms with Crippen LogP contribution in [0.3, 0.4) is 0 Å². The summed E-state index contributed by atoms with van der Waals surface area (Å²) in [6.07, 6.45) is 1.24. The predicted octanol–water partition coefficient (Wildman–Crippen LogP) is -0.205. The molecule has 0 radical (unpaired) electrons. The zero-order chi connectivity index (χ0) is 8.65. The van der Waals surface area contributed by atoms with E-state index in [1.165, 1.54) is 6.42 Å². The average molecular weight is 171 g/mol. The van der Waals surface area contributed by atoms with Gasteiger partial charge in [0.15, 0.2) is 0 Å². The molecule has 72 valence electrons. The van der Waals surface area contributed by atoms with Crippen molar-refractivity contribution in [2.24, 2.45) is 5.92 Å². The van der Waals surface area contributed by atoms with Gasteiger partial charge in [0, 0.05) is 13.1 Å². The summed E-state index contributed by atoms with van der Waals surface area (Å²) in [4.78, 5) is 0. The molecule has 3 heteroatoms. The molecule has 1 saturated heterocycles. The number of rotatable bonds is 0. The van der Waals surface area contributed by atoms with Crippen molar-refractivity contribution in [2.75, 3.05) is 39.3 Å². The molecule has 0 spiro atoms. The van der Waals surface area contributed by atoms with E-state index in [9.17, 15) is 0 Å². The Bertz CT molecular complexity index is 93.9. The Balaban J connectivity index is 2.13.